The zero-order chi connectivity index (χ0) is 13.9. The van der Waals surface area contributed by atoms with Crippen LogP contribution >= 0.6 is 0 Å². The van der Waals surface area contributed by atoms with Gasteiger partial charge in [-0.2, -0.15) is 5.10 Å². The third-order valence-corrected chi connectivity index (χ3v) is 2.85. The standard InChI is InChI=1S/C14H12N4O2/c1-20-14-8-10(6-7-13(14)19)9-15-18-12-5-3-2-4-11(12)16-17-18/h2-9,19H,1H3. The average molecular weight is 268 g/mol. The number of aromatic hydroxyl groups is 1. The molecule has 3 aromatic rings. The number of phenols is 1. The van der Waals surface area contributed by atoms with Gasteiger partial charge in [0.05, 0.1) is 13.3 Å². The Morgan fingerprint density at radius 2 is 2.10 bits per heavy atom. The molecular formula is C14H12N4O2. The monoisotopic (exact) mass is 268 g/mol. The fourth-order valence-electron chi connectivity index (χ4n) is 1.84. The van der Waals surface area contributed by atoms with Gasteiger partial charge >= 0.3 is 0 Å². The number of fused-ring (bicyclic) bond motifs is 1. The van der Waals surface area contributed by atoms with Gasteiger partial charge in [0.1, 0.15) is 11.0 Å². The van der Waals surface area contributed by atoms with Crippen LogP contribution in [0.25, 0.3) is 11.0 Å². The van der Waals surface area contributed by atoms with Crippen molar-refractivity contribution in [1.29, 1.82) is 0 Å². The van der Waals surface area contributed by atoms with E-state index in [1.807, 2.05) is 24.3 Å². The van der Waals surface area contributed by atoms with Crippen LogP contribution in [-0.4, -0.2) is 33.5 Å². The lowest BCUT2D eigenvalue weighted by molar-refractivity contribution is 0.373. The van der Waals surface area contributed by atoms with Gasteiger partial charge in [-0.25, -0.2) is 0 Å². The fraction of sp³-hybridized carbons (Fsp3) is 0.0714. The first-order valence-electron chi connectivity index (χ1n) is 6.00. The van der Waals surface area contributed by atoms with Gasteiger partial charge < -0.3 is 9.84 Å². The van der Waals surface area contributed by atoms with Crippen molar-refractivity contribution < 1.29 is 9.84 Å². The number of ether oxygens (including phenoxy) is 1. The molecule has 6 nitrogen and oxygen atoms in total. The molecule has 0 unspecified atom stereocenters. The lowest BCUT2D eigenvalue weighted by Crippen LogP contribution is -1.93. The molecule has 6 heteroatoms. The van der Waals surface area contributed by atoms with Gasteiger partial charge in [-0.3, -0.25) is 0 Å². The Kier molecular flexibility index (Phi) is 3.04. The summed E-state index contributed by atoms with van der Waals surface area (Å²) in [5, 5.41) is 21.8. The summed E-state index contributed by atoms with van der Waals surface area (Å²) in [6, 6.07) is 12.6. The average Bonchev–Trinajstić information content (AvgIpc) is 2.90. The van der Waals surface area contributed by atoms with E-state index in [1.54, 1.807) is 24.4 Å². The molecule has 3 rings (SSSR count). The van der Waals surface area contributed by atoms with Crippen LogP contribution in [0, 0.1) is 0 Å². The maximum absolute atomic E-state index is 9.53. The summed E-state index contributed by atoms with van der Waals surface area (Å²) >= 11 is 0. The van der Waals surface area contributed by atoms with E-state index >= 15 is 0 Å². The maximum atomic E-state index is 9.53. The van der Waals surface area contributed by atoms with Crippen molar-refractivity contribution >= 4 is 17.2 Å². The normalized spacial score (nSPS) is 11.2. The minimum Gasteiger partial charge on any atom is -0.504 e. The van der Waals surface area contributed by atoms with Gasteiger partial charge in [0.2, 0.25) is 0 Å². The molecule has 0 saturated carbocycles. The number of nitrogens with zero attached hydrogens (tertiary/aromatic N) is 4. The van der Waals surface area contributed by atoms with Crippen LogP contribution < -0.4 is 4.74 Å². The lowest BCUT2D eigenvalue weighted by atomic mass is 10.2. The maximum Gasteiger partial charge on any atom is 0.161 e. The van der Waals surface area contributed by atoms with Crippen molar-refractivity contribution in [2.45, 2.75) is 0 Å². The van der Waals surface area contributed by atoms with Crippen LogP contribution in [0.4, 0.5) is 0 Å². The highest BCUT2D eigenvalue weighted by molar-refractivity contribution is 5.81. The summed E-state index contributed by atoms with van der Waals surface area (Å²) in [7, 11) is 1.50. The number of methoxy groups -OCH3 is 1. The molecule has 0 spiro atoms. The second kappa shape index (κ2) is 5.00. The first-order valence-corrected chi connectivity index (χ1v) is 6.00. The van der Waals surface area contributed by atoms with Crippen molar-refractivity contribution in [3.05, 3.63) is 48.0 Å². The summed E-state index contributed by atoms with van der Waals surface area (Å²) in [4.78, 5) is 1.45. The van der Waals surface area contributed by atoms with E-state index in [0.717, 1.165) is 16.6 Å². The number of phenolic OH excluding ortho intramolecular Hbond substituents is 1. The summed E-state index contributed by atoms with van der Waals surface area (Å²) in [5.41, 5.74) is 2.40. The molecule has 0 aliphatic rings. The molecular weight excluding hydrogens is 256 g/mol. The molecule has 0 saturated heterocycles. The molecule has 0 fully saturated rings. The third-order valence-electron chi connectivity index (χ3n) is 2.85. The van der Waals surface area contributed by atoms with Crippen LogP contribution in [0.3, 0.4) is 0 Å². The van der Waals surface area contributed by atoms with Crippen LogP contribution in [0.15, 0.2) is 47.6 Å². The van der Waals surface area contributed by atoms with E-state index in [2.05, 4.69) is 15.4 Å². The third kappa shape index (κ3) is 2.18. The molecule has 0 atom stereocenters. The highest BCUT2D eigenvalue weighted by atomic mass is 16.5. The molecule has 100 valence electrons. The zero-order valence-electron chi connectivity index (χ0n) is 10.8. The second-order valence-electron chi connectivity index (χ2n) is 4.14. The highest BCUT2D eigenvalue weighted by Crippen LogP contribution is 2.25. The Hall–Kier alpha value is -2.89. The van der Waals surface area contributed by atoms with Crippen LogP contribution in [-0.2, 0) is 0 Å². The van der Waals surface area contributed by atoms with Gasteiger partial charge in [-0.05, 0) is 41.1 Å². The van der Waals surface area contributed by atoms with E-state index in [0.29, 0.717) is 5.75 Å². The molecule has 20 heavy (non-hydrogen) atoms. The Morgan fingerprint density at radius 3 is 2.95 bits per heavy atom. The van der Waals surface area contributed by atoms with Crippen molar-refractivity contribution in [3.63, 3.8) is 0 Å². The lowest BCUT2D eigenvalue weighted by Gasteiger charge is -2.03. The minimum atomic E-state index is 0.0934. The van der Waals surface area contributed by atoms with E-state index < -0.39 is 0 Å². The molecule has 0 bridgehead atoms. The molecule has 0 amide bonds. The molecule has 1 aromatic heterocycles. The van der Waals surface area contributed by atoms with Crippen molar-refractivity contribution in [2.24, 2.45) is 5.10 Å². The molecule has 1 N–H and O–H groups in total. The predicted octanol–water partition coefficient (Wildman–Crippen LogP) is 2.03. The molecule has 2 aromatic carbocycles. The van der Waals surface area contributed by atoms with Crippen molar-refractivity contribution in [3.8, 4) is 11.5 Å². The van der Waals surface area contributed by atoms with Crippen LogP contribution in [0.2, 0.25) is 0 Å². The van der Waals surface area contributed by atoms with Gasteiger partial charge in [-0.1, -0.05) is 12.1 Å². The summed E-state index contributed by atoms with van der Waals surface area (Å²) < 4.78 is 5.05. The van der Waals surface area contributed by atoms with Gasteiger partial charge in [0.15, 0.2) is 11.5 Å². The predicted molar refractivity (Wildman–Crippen MR) is 75.2 cm³/mol. The minimum absolute atomic E-state index is 0.0934. The van der Waals surface area contributed by atoms with E-state index in [-0.39, 0.29) is 5.75 Å². The Balaban J connectivity index is 1.94. The molecule has 1 heterocycles. The van der Waals surface area contributed by atoms with E-state index in [1.165, 1.54) is 11.9 Å². The number of hydrogen-bond acceptors (Lipinski definition) is 5. The smallest absolute Gasteiger partial charge is 0.161 e. The molecule has 0 aliphatic carbocycles. The molecule has 0 aliphatic heterocycles. The van der Waals surface area contributed by atoms with Crippen LogP contribution in [0.5, 0.6) is 11.5 Å². The fourth-order valence-corrected chi connectivity index (χ4v) is 1.84. The van der Waals surface area contributed by atoms with Gasteiger partial charge in [-0.15, -0.1) is 9.89 Å². The topological polar surface area (TPSA) is 72.5 Å². The van der Waals surface area contributed by atoms with E-state index in [4.69, 9.17) is 4.74 Å². The summed E-state index contributed by atoms with van der Waals surface area (Å²) in [6.07, 6.45) is 1.63. The summed E-state index contributed by atoms with van der Waals surface area (Å²) in [6.45, 7) is 0. The molecule has 0 radical (unpaired) electrons. The number of aromatic nitrogens is 3. The number of rotatable bonds is 3. The van der Waals surface area contributed by atoms with E-state index in [9.17, 15) is 5.11 Å². The SMILES string of the molecule is COc1cc(C=Nn2nnc3ccccc32)ccc1O. The summed E-state index contributed by atoms with van der Waals surface area (Å²) in [5.74, 6) is 0.494. The Bertz CT molecular complexity index is 780. The zero-order valence-corrected chi connectivity index (χ0v) is 10.8. The van der Waals surface area contributed by atoms with Crippen molar-refractivity contribution in [2.75, 3.05) is 7.11 Å². The van der Waals surface area contributed by atoms with Gasteiger partial charge in [0.25, 0.3) is 0 Å². The second-order valence-corrected chi connectivity index (χ2v) is 4.14. The Morgan fingerprint density at radius 1 is 1.25 bits per heavy atom. The number of para-hydroxylation sites is 1. The highest BCUT2D eigenvalue weighted by Gasteiger charge is 2.03. The van der Waals surface area contributed by atoms with Gasteiger partial charge in [0, 0.05) is 0 Å². The largest absolute Gasteiger partial charge is 0.504 e. The Labute approximate surface area is 114 Å². The first-order chi connectivity index (χ1) is 9.78. The van der Waals surface area contributed by atoms with Crippen LogP contribution in [0.1, 0.15) is 5.56 Å². The van der Waals surface area contributed by atoms with Crippen molar-refractivity contribution in [1.82, 2.24) is 15.1 Å². The first kappa shape index (κ1) is 12.2. The number of benzene rings is 2. The number of hydrogen-bond donors (Lipinski definition) is 1. The quantitative estimate of drug-likeness (QED) is 0.738.